The largest absolute Gasteiger partial charge is 0.321 e. The Bertz CT molecular complexity index is 2640. The highest BCUT2D eigenvalue weighted by Crippen LogP contribution is 2.48. The van der Waals surface area contributed by atoms with Crippen LogP contribution in [0, 0.1) is 0 Å². The Balaban J connectivity index is 1.33. The van der Waals surface area contributed by atoms with Crippen LogP contribution < -0.4 is 10.6 Å². The number of hydrogen-bond acceptors (Lipinski definition) is 8. The number of benzene rings is 6. The van der Waals surface area contributed by atoms with Gasteiger partial charge in [-0.15, -0.1) is 0 Å². The Morgan fingerprint density at radius 3 is 1.17 bits per heavy atom. The summed E-state index contributed by atoms with van der Waals surface area (Å²) in [7, 11) is -14.9. The first-order chi connectivity index (χ1) is 25.1. The molecule has 0 spiro atoms. The molecule has 6 aromatic carbocycles. The lowest BCUT2D eigenvalue weighted by atomic mass is 9.99. The molecule has 0 saturated heterocycles. The van der Waals surface area contributed by atoms with Gasteiger partial charge in [-0.05, 0) is 58.7 Å². The molecule has 6 aromatic rings. The summed E-state index contributed by atoms with van der Waals surface area (Å²) in [6, 6.07) is 33.8. The van der Waals surface area contributed by atoms with Gasteiger partial charge in [0.05, 0.1) is 21.2 Å². The molecule has 0 fully saturated rings. The van der Waals surface area contributed by atoms with E-state index in [0.29, 0.717) is 22.3 Å². The van der Waals surface area contributed by atoms with Gasteiger partial charge in [0.2, 0.25) is 9.84 Å². The first kappa shape index (κ1) is 35.4. The van der Waals surface area contributed by atoms with E-state index in [1.165, 1.54) is 12.1 Å². The number of sulfone groups is 1. The fourth-order valence-corrected chi connectivity index (χ4v) is 9.22. The van der Waals surface area contributed by atoms with Crippen LogP contribution in [0.4, 0.5) is 11.4 Å². The van der Waals surface area contributed by atoms with Gasteiger partial charge >= 0.3 is 0 Å². The molecule has 0 aromatic heterocycles. The molecule has 1 aliphatic heterocycles. The van der Waals surface area contributed by atoms with Crippen molar-refractivity contribution in [2.75, 3.05) is 10.6 Å². The third kappa shape index (κ3) is 6.63. The third-order valence-corrected chi connectivity index (χ3v) is 12.2. The van der Waals surface area contributed by atoms with E-state index in [4.69, 9.17) is 0 Å². The van der Waals surface area contributed by atoms with Crippen molar-refractivity contribution in [3.8, 4) is 33.4 Å². The first-order valence-corrected chi connectivity index (χ1v) is 20.0. The normalized spacial score (nSPS) is 13.1. The van der Waals surface area contributed by atoms with Crippen LogP contribution in [0.1, 0.15) is 20.7 Å². The van der Waals surface area contributed by atoms with Crippen molar-refractivity contribution in [1.82, 2.24) is 0 Å². The van der Waals surface area contributed by atoms with Crippen molar-refractivity contribution >= 4 is 53.3 Å². The number of rotatable bonds is 8. The molecule has 53 heavy (non-hydrogen) atoms. The average Bonchev–Trinajstić information content (AvgIpc) is 3.35. The van der Waals surface area contributed by atoms with Gasteiger partial charge in [-0.25, -0.2) is 8.42 Å². The minimum absolute atomic E-state index is 0.110. The Hall–Kier alpha value is -5.97. The predicted molar refractivity (Wildman–Crippen MR) is 197 cm³/mol. The Labute approximate surface area is 304 Å². The maximum Gasteiger partial charge on any atom is 0.296 e. The van der Waals surface area contributed by atoms with Gasteiger partial charge in [0, 0.05) is 22.3 Å². The zero-order valence-electron chi connectivity index (χ0n) is 27.1. The summed E-state index contributed by atoms with van der Waals surface area (Å²) in [5.41, 5.74) is 0.700. The summed E-state index contributed by atoms with van der Waals surface area (Å²) in [5, 5.41) is 4.82. The van der Waals surface area contributed by atoms with Crippen molar-refractivity contribution < 1.29 is 43.9 Å². The van der Waals surface area contributed by atoms with Crippen LogP contribution in [0.25, 0.3) is 33.4 Å². The van der Waals surface area contributed by atoms with Gasteiger partial charge in [-0.3, -0.25) is 18.7 Å². The summed E-state index contributed by atoms with van der Waals surface area (Å²) in [6.45, 7) is 0. The van der Waals surface area contributed by atoms with E-state index in [2.05, 4.69) is 10.6 Å². The number of amides is 2. The lowest BCUT2D eigenvalue weighted by Crippen LogP contribution is -2.16. The first-order valence-electron chi connectivity index (χ1n) is 15.6. The average molecular weight is 767 g/mol. The molecule has 0 atom stereocenters. The van der Waals surface area contributed by atoms with Crippen LogP contribution in [-0.2, 0) is 30.1 Å². The summed E-state index contributed by atoms with van der Waals surface area (Å²) < 4.78 is 99.2. The standard InChI is InChI=1S/C38H26N2O10S3/c41-37(27-17-9-7-15-25(27)23-11-3-1-4-12-23)39-31-21-33-29(19-35(31)52(45,46)47)30-20-36(53(48,49)50)32(22-34(30)51(33,43)44)40-38(42)28-18-10-8-16-26(28)24-13-5-2-6-14-24/h1-22H,(H,39,41)(H,40,42)(H,45,46,47)(H,48,49,50). The fraction of sp³-hybridized carbons (Fsp3) is 0. The molecule has 0 saturated carbocycles. The van der Waals surface area contributed by atoms with Gasteiger partial charge in [0.25, 0.3) is 32.1 Å². The lowest BCUT2D eigenvalue weighted by Gasteiger charge is -2.14. The minimum Gasteiger partial charge on any atom is -0.321 e. The van der Waals surface area contributed by atoms with Gasteiger partial charge in [0.1, 0.15) is 9.79 Å². The van der Waals surface area contributed by atoms with Crippen molar-refractivity contribution in [3.63, 3.8) is 0 Å². The molecule has 7 rings (SSSR count). The molecule has 1 aliphatic rings. The van der Waals surface area contributed by atoms with Crippen LogP contribution in [-0.4, -0.2) is 46.2 Å². The topological polar surface area (TPSA) is 201 Å². The third-order valence-electron chi connectivity index (χ3n) is 8.60. The van der Waals surface area contributed by atoms with Crippen LogP contribution in [0.2, 0.25) is 0 Å². The van der Waals surface area contributed by atoms with E-state index < -0.39 is 72.8 Å². The molecule has 0 radical (unpaired) electrons. The molecule has 1 heterocycles. The predicted octanol–water partition coefficient (Wildman–Crippen LogP) is 6.83. The smallest absolute Gasteiger partial charge is 0.296 e. The lowest BCUT2D eigenvalue weighted by molar-refractivity contribution is 0.101. The molecular formula is C38H26N2O10S3. The number of carbonyl (C=O) groups is 2. The Kier molecular flexibility index (Phi) is 8.84. The molecule has 15 heteroatoms. The van der Waals surface area contributed by atoms with Crippen LogP contribution >= 0.6 is 0 Å². The molecule has 0 aliphatic carbocycles. The van der Waals surface area contributed by atoms with Crippen molar-refractivity contribution in [1.29, 1.82) is 0 Å². The molecule has 2 amide bonds. The minimum atomic E-state index is -5.14. The Morgan fingerprint density at radius 1 is 0.472 bits per heavy atom. The van der Waals surface area contributed by atoms with E-state index in [1.807, 2.05) is 0 Å². The molecule has 4 N–H and O–H groups in total. The second kappa shape index (κ2) is 13.2. The second-order valence-electron chi connectivity index (χ2n) is 11.9. The highest BCUT2D eigenvalue weighted by molar-refractivity contribution is 7.92. The number of anilines is 2. The van der Waals surface area contributed by atoms with E-state index in [-0.39, 0.29) is 22.3 Å². The van der Waals surface area contributed by atoms with Crippen LogP contribution in [0.15, 0.2) is 153 Å². The molecule has 0 bridgehead atoms. The zero-order valence-corrected chi connectivity index (χ0v) is 29.5. The summed E-state index contributed by atoms with van der Waals surface area (Å²) >= 11 is 0. The molecule has 12 nitrogen and oxygen atoms in total. The quantitative estimate of drug-likeness (QED) is 0.119. The highest BCUT2D eigenvalue weighted by atomic mass is 32.2. The van der Waals surface area contributed by atoms with Gasteiger partial charge < -0.3 is 10.6 Å². The Morgan fingerprint density at radius 2 is 0.811 bits per heavy atom. The summed E-state index contributed by atoms with van der Waals surface area (Å²) in [6.07, 6.45) is 0. The number of carbonyl (C=O) groups excluding carboxylic acids is 2. The van der Waals surface area contributed by atoms with Gasteiger partial charge in [-0.2, -0.15) is 16.8 Å². The summed E-state index contributed by atoms with van der Waals surface area (Å²) in [4.78, 5) is 24.4. The maximum atomic E-state index is 14.0. The van der Waals surface area contributed by atoms with Gasteiger partial charge in [-0.1, -0.05) is 97.1 Å². The molecular weight excluding hydrogens is 741 g/mol. The number of fused-ring (bicyclic) bond motifs is 3. The summed E-state index contributed by atoms with van der Waals surface area (Å²) in [5.74, 6) is -1.65. The number of hydrogen-bond donors (Lipinski definition) is 4. The van der Waals surface area contributed by atoms with Crippen molar-refractivity contribution in [3.05, 3.63) is 145 Å². The zero-order chi connectivity index (χ0) is 37.7. The SMILES string of the molecule is O=C(Nc1cc2c(cc1S(=O)(=O)O)-c1cc(S(=O)(=O)O)c(NC(=O)c3ccccc3-c3ccccc3)cc1S2(=O)=O)c1ccccc1-c1ccccc1. The number of nitrogens with one attached hydrogen (secondary N) is 2. The van der Waals surface area contributed by atoms with E-state index in [1.54, 1.807) is 97.1 Å². The molecule has 0 unspecified atom stereocenters. The van der Waals surface area contributed by atoms with E-state index >= 15 is 0 Å². The van der Waals surface area contributed by atoms with E-state index in [9.17, 15) is 43.9 Å². The molecule has 266 valence electrons. The van der Waals surface area contributed by atoms with Gasteiger partial charge in [0.15, 0.2) is 0 Å². The van der Waals surface area contributed by atoms with Crippen molar-refractivity contribution in [2.24, 2.45) is 0 Å². The highest BCUT2D eigenvalue weighted by Gasteiger charge is 2.38. The maximum absolute atomic E-state index is 14.0. The fourth-order valence-electron chi connectivity index (χ4n) is 6.21. The second-order valence-corrected chi connectivity index (χ2v) is 16.5. The van der Waals surface area contributed by atoms with Crippen LogP contribution in [0.5, 0.6) is 0 Å². The van der Waals surface area contributed by atoms with Crippen molar-refractivity contribution in [2.45, 2.75) is 19.6 Å². The van der Waals surface area contributed by atoms with Crippen LogP contribution in [0.3, 0.4) is 0 Å². The monoisotopic (exact) mass is 766 g/mol. The van der Waals surface area contributed by atoms with E-state index in [0.717, 1.165) is 24.3 Å².